The van der Waals surface area contributed by atoms with Gasteiger partial charge in [-0.25, -0.2) is 0 Å². The van der Waals surface area contributed by atoms with E-state index in [1.54, 1.807) is 0 Å². The second-order valence-electron chi connectivity index (χ2n) is 7.52. The van der Waals surface area contributed by atoms with Crippen molar-refractivity contribution in [3.63, 3.8) is 0 Å². The molecule has 0 aliphatic rings. The summed E-state index contributed by atoms with van der Waals surface area (Å²) in [4.78, 5) is 0. The van der Waals surface area contributed by atoms with Crippen molar-refractivity contribution in [3.8, 4) is 12.1 Å². The van der Waals surface area contributed by atoms with Crippen molar-refractivity contribution in [2.45, 2.75) is 13.1 Å². The lowest BCUT2D eigenvalue weighted by Gasteiger charge is -2.28. The van der Waals surface area contributed by atoms with Crippen LogP contribution in [-0.4, -0.2) is 0 Å². The Kier molecular flexibility index (Phi) is 5.95. The van der Waals surface area contributed by atoms with E-state index in [1.165, 1.54) is 15.9 Å². The fourth-order valence-electron chi connectivity index (χ4n) is 4.13. The third kappa shape index (κ3) is 3.87. The van der Waals surface area contributed by atoms with Gasteiger partial charge in [0.2, 0.25) is 0 Å². The third-order valence-electron chi connectivity index (χ3n) is 5.69. The average molecular weight is 417 g/mol. The first kappa shape index (κ1) is 20.6. The van der Waals surface area contributed by atoms with E-state index in [0.29, 0.717) is 17.3 Å². The Labute approximate surface area is 184 Å². The number of hydrogen-bond acceptors (Lipinski definition) is 2. The van der Waals surface area contributed by atoms with Crippen molar-refractivity contribution in [1.82, 2.24) is 0 Å². The summed E-state index contributed by atoms with van der Waals surface area (Å²) in [5.74, 6) is 0. The van der Waals surface area contributed by atoms with Gasteiger partial charge in [-0.15, -0.1) is 0 Å². The molecule has 4 aromatic carbocycles. The van der Waals surface area contributed by atoms with E-state index in [-0.39, 0.29) is 0 Å². The molecule has 0 N–H and O–H groups in total. The summed E-state index contributed by atoms with van der Waals surface area (Å²) in [5.41, 5.74) is 3.03. The molecule has 2 nitrogen and oxygen atoms in total. The molecule has 0 aliphatic carbocycles. The van der Waals surface area contributed by atoms with E-state index >= 15 is 0 Å². The highest BCUT2D eigenvalue weighted by Gasteiger charge is 2.45. The Hall–Kier alpha value is -3.71. The summed E-state index contributed by atoms with van der Waals surface area (Å²) in [5, 5.41) is 23.3. The molecule has 0 bridgehead atoms. The van der Waals surface area contributed by atoms with E-state index in [2.05, 4.69) is 84.9 Å². The number of nitrogens with zero attached hydrogens (tertiary/aromatic N) is 2. The Morgan fingerprint density at radius 3 is 1.42 bits per heavy atom. The summed E-state index contributed by atoms with van der Waals surface area (Å²) in [6, 6.07) is 40.2. The third-order valence-corrected chi connectivity index (χ3v) is 10.0. The molecule has 0 unspecified atom stereocenters. The van der Waals surface area contributed by atoms with Gasteiger partial charge in [-0.1, -0.05) is 54.6 Å². The first-order valence-electron chi connectivity index (χ1n) is 10.2. The zero-order chi connectivity index (χ0) is 21.7. The molecule has 0 amide bonds. The minimum Gasteiger partial charge on any atom is -0.192 e. The molecular weight excluding hydrogens is 395 g/mol. The Morgan fingerprint density at radius 1 is 0.613 bits per heavy atom. The van der Waals surface area contributed by atoms with E-state index in [0.717, 1.165) is 11.1 Å². The summed E-state index contributed by atoms with van der Waals surface area (Å²) in [6.45, 7) is 1.89. The van der Waals surface area contributed by atoms with Crippen LogP contribution >= 0.6 is 7.26 Å². The first-order chi connectivity index (χ1) is 15.2. The monoisotopic (exact) mass is 417 g/mol. The second kappa shape index (κ2) is 8.97. The van der Waals surface area contributed by atoms with Gasteiger partial charge in [-0.2, -0.15) is 10.5 Å². The number of nitriles is 2. The number of aryl methyl sites for hydroxylation is 1. The maximum atomic E-state index is 9.89. The number of benzene rings is 4. The minimum atomic E-state index is -2.12. The van der Waals surface area contributed by atoms with E-state index < -0.39 is 7.26 Å². The zero-order valence-corrected chi connectivity index (χ0v) is 18.3. The van der Waals surface area contributed by atoms with Crippen molar-refractivity contribution in [2.24, 2.45) is 0 Å². The van der Waals surface area contributed by atoms with Crippen molar-refractivity contribution in [2.75, 3.05) is 0 Å². The summed E-state index contributed by atoms with van der Waals surface area (Å²) in [6.07, 6.45) is 0.683. The lowest BCUT2D eigenvalue weighted by Crippen LogP contribution is -2.32. The summed E-state index contributed by atoms with van der Waals surface area (Å²) >= 11 is 0. The molecule has 0 radical (unpaired) electrons. The predicted octanol–water partition coefficient (Wildman–Crippen LogP) is 5.23. The van der Waals surface area contributed by atoms with Gasteiger partial charge in [-0.05, 0) is 61.0 Å². The normalized spacial score (nSPS) is 10.8. The van der Waals surface area contributed by atoms with Crippen molar-refractivity contribution in [1.29, 1.82) is 10.5 Å². The maximum Gasteiger partial charge on any atom is 0.116 e. The van der Waals surface area contributed by atoms with Crippen LogP contribution in [0.5, 0.6) is 0 Å². The number of rotatable bonds is 5. The molecule has 0 saturated carbocycles. The molecule has 4 aromatic rings. The van der Waals surface area contributed by atoms with Gasteiger partial charge in [-0.3, -0.25) is 0 Å². The SMILES string of the molecule is Cc1cc(C#N)c(C[P+](c2ccccc2)(c2ccccc2)c2ccccc2)cc1C#N. The van der Waals surface area contributed by atoms with Crippen LogP contribution in [0.15, 0.2) is 103 Å². The van der Waals surface area contributed by atoms with Crippen LogP contribution < -0.4 is 15.9 Å². The molecule has 0 atom stereocenters. The van der Waals surface area contributed by atoms with Gasteiger partial charge in [0, 0.05) is 5.56 Å². The van der Waals surface area contributed by atoms with Gasteiger partial charge in [0.25, 0.3) is 0 Å². The summed E-state index contributed by atoms with van der Waals surface area (Å²) in [7, 11) is -2.12. The molecule has 31 heavy (non-hydrogen) atoms. The van der Waals surface area contributed by atoms with Crippen LogP contribution in [-0.2, 0) is 6.16 Å². The van der Waals surface area contributed by atoms with Gasteiger partial charge in [0.1, 0.15) is 23.2 Å². The fourth-order valence-corrected chi connectivity index (χ4v) is 8.39. The highest BCUT2D eigenvalue weighted by atomic mass is 31.2. The lowest BCUT2D eigenvalue weighted by molar-refractivity contribution is 1.28. The molecule has 3 heteroatoms. The minimum absolute atomic E-state index is 0.626. The molecule has 0 saturated heterocycles. The van der Waals surface area contributed by atoms with Crippen molar-refractivity contribution in [3.05, 3.63) is 125 Å². The van der Waals surface area contributed by atoms with Crippen LogP contribution in [0.2, 0.25) is 0 Å². The van der Waals surface area contributed by atoms with E-state index in [4.69, 9.17) is 0 Å². The number of hydrogen-bond donors (Lipinski definition) is 0. The van der Waals surface area contributed by atoms with Crippen molar-refractivity contribution < 1.29 is 0 Å². The standard InChI is InChI=1S/C28H22N2P/c1-22-17-24(20-30)25(18-23(22)19-29)21-31(26-11-5-2-6-12-26,27-13-7-3-8-14-27)28-15-9-4-10-16-28/h2-18H,21H2,1H3/q+1. The lowest BCUT2D eigenvalue weighted by atomic mass is 10.0. The molecule has 0 heterocycles. The van der Waals surface area contributed by atoms with E-state index in [1.807, 2.05) is 37.3 Å². The van der Waals surface area contributed by atoms with Crippen LogP contribution in [0.25, 0.3) is 0 Å². The molecule has 148 valence electrons. The average Bonchev–Trinajstić information content (AvgIpc) is 2.84. The Morgan fingerprint density at radius 2 is 1.03 bits per heavy atom. The molecule has 0 aromatic heterocycles. The molecular formula is C28H22N2P+. The quantitative estimate of drug-likeness (QED) is 0.417. The topological polar surface area (TPSA) is 47.6 Å². The van der Waals surface area contributed by atoms with Gasteiger partial charge in [0.05, 0.1) is 29.4 Å². The predicted molar refractivity (Wildman–Crippen MR) is 129 cm³/mol. The summed E-state index contributed by atoms with van der Waals surface area (Å²) < 4.78 is 0. The van der Waals surface area contributed by atoms with Gasteiger partial charge >= 0.3 is 0 Å². The van der Waals surface area contributed by atoms with E-state index in [9.17, 15) is 10.5 Å². The highest BCUT2D eigenvalue weighted by Crippen LogP contribution is 2.58. The van der Waals surface area contributed by atoms with Crippen LogP contribution in [0.4, 0.5) is 0 Å². The zero-order valence-electron chi connectivity index (χ0n) is 17.4. The van der Waals surface area contributed by atoms with Crippen LogP contribution in [0.1, 0.15) is 22.3 Å². The maximum absolute atomic E-state index is 9.89. The Balaban J connectivity index is 2.05. The Bertz CT molecular complexity index is 1170. The fraction of sp³-hybridized carbons (Fsp3) is 0.0714. The van der Waals surface area contributed by atoms with Crippen LogP contribution in [0, 0.1) is 29.6 Å². The molecule has 0 fully saturated rings. The molecule has 4 rings (SSSR count). The second-order valence-corrected chi connectivity index (χ2v) is 11.0. The highest BCUT2D eigenvalue weighted by molar-refractivity contribution is 7.95. The van der Waals surface area contributed by atoms with Crippen molar-refractivity contribution >= 4 is 23.2 Å². The molecule has 0 aliphatic heterocycles. The smallest absolute Gasteiger partial charge is 0.116 e. The van der Waals surface area contributed by atoms with Crippen LogP contribution in [0.3, 0.4) is 0 Å². The van der Waals surface area contributed by atoms with Gasteiger partial charge < -0.3 is 0 Å². The first-order valence-corrected chi connectivity index (χ1v) is 12.1. The largest absolute Gasteiger partial charge is 0.192 e. The van der Waals surface area contributed by atoms with Gasteiger partial charge in [0.15, 0.2) is 0 Å². The molecule has 0 spiro atoms.